The predicted molar refractivity (Wildman–Crippen MR) is 64.6 cm³/mol. The molecule has 2 atom stereocenters. The number of rotatable bonds is 2. The van der Waals surface area contributed by atoms with Crippen molar-refractivity contribution in [3.05, 3.63) is 23.8 Å². The van der Waals surface area contributed by atoms with Crippen LogP contribution in [-0.2, 0) is 4.79 Å². The molecule has 1 aliphatic rings. The Morgan fingerprint density at radius 1 is 1.53 bits per heavy atom. The van der Waals surface area contributed by atoms with Crippen LogP contribution in [0.15, 0.2) is 23.8 Å². The lowest BCUT2D eigenvalue weighted by atomic mass is 9.63. The zero-order valence-corrected chi connectivity index (χ0v) is 10.5. The maximum atomic E-state index is 11.0. The van der Waals surface area contributed by atoms with Crippen molar-refractivity contribution in [2.75, 3.05) is 0 Å². The molecule has 0 aromatic heterocycles. The summed E-state index contributed by atoms with van der Waals surface area (Å²) in [6.07, 6.45) is 7.25. The number of carbonyl (C=O) groups excluding carboxylic acids is 1. The lowest BCUT2D eigenvalue weighted by Gasteiger charge is -2.42. The number of ketones is 1. The van der Waals surface area contributed by atoms with Gasteiger partial charge in [-0.3, -0.25) is 4.79 Å². The Hall–Kier alpha value is -0.850. The molecule has 0 saturated carbocycles. The first-order chi connectivity index (χ1) is 6.85. The summed E-state index contributed by atoms with van der Waals surface area (Å²) in [4.78, 5) is 11.0. The van der Waals surface area contributed by atoms with E-state index in [9.17, 15) is 4.79 Å². The minimum absolute atomic E-state index is 0.136. The number of hydrogen-bond donors (Lipinski definition) is 0. The van der Waals surface area contributed by atoms with E-state index in [1.165, 1.54) is 5.57 Å². The van der Waals surface area contributed by atoms with Gasteiger partial charge >= 0.3 is 0 Å². The summed E-state index contributed by atoms with van der Waals surface area (Å²) in [6.45, 7) is 10.7. The standard InChI is InChI=1S/C14H22O/c1-10-6-7-11(2)14(4,5)13(10)9-8-12(3)15/h6,8-9,11,13H,7H2,1-5H3/t11?,13-/m0/s1. The molecule has 0 aromatic rings. The molecular formula is C14H22O. The monoisotopic (exact) mass is 206 g/mol. The van der Waals surface area contributed by atoms with E-state index in [4.69, 9.17) is 0 Å². The fourth-order valence-electron chi connectivity index (χ4n) is 2.32. The number of hydrogen-bond acceptors (Lipinski definition) is 1. The molecule has 1 rings (SSSR count). The van der Waals surface area contributed by atoms with E-state index in [1.807, 2.05) is 0 Å². The first kappa shape index (κ1) is 12.2. The highest BCUT2D eigenvalue weighted by molar-refractivity contribution is 5.87. The van der Waals surface area contributed by atoms with Crippen LogP contribution in [-0.4, -0.2) is 5.78 Å². The summed E-state index contributed by atoms with van der Waals surface area (Å²) in [5.41, 5.74) is 1.65. The van der Waals surface area contributed by atoms with Gasteiger partial charge in [0.25, 0.3) is 0 Å². The van der Waals surface area contributed by atoms with Crippen LogP contribution < -0.4 is 0 Å². The molecule has 0 amide bonds. The minimum atomic E-state index is 0.136. The zero-order chi connectivity index (χ0) is 11.6. The molecule has 1 aliphatic carbocycles. The molecule has 0 aromatic carbocycles. The molecule has 0 heterocycles. The van der Waals surface area contributed by atoms with Crippen molar-refractivity contribution in [3.8, 4) is 0 Å². The largest absolute Gasteiger partial charge is 0.295 e. The Balaban J connectivity index is 2.96. The Bertz CT molecular complexity index is 307. The maximum absolute atomic E-state index is 11.0. The van der Waals surface area contributed by atoms with Gasteiger partial charge in [0, 0.05) is 5.92 Å². The highest BCUT2D eigenvalue weighted by Crippen LogP contribution is 2.45. The van der Waals surface area contributed by atoms with E-state index in [2.05, 4.69) is 39.8 Å². The molecule has 0 aliphatic heterocycles. The summed E-state index contributed by atoms with van der Waals surface area (Å²) in [7, 11) is 0. The second-order valence-electron chi connectivity index (χ2n) is 5.35. The van der Waals surface area contributed by atoms with Crippen LogP contribution in [0.25, 0.3) is 0 Å². The molecule has 15 heavy (non-hydrogen) atoms. The van der Waals surface area contributed by atoms with E-state index >= 15 is 0 Å². The van der Waals surface area contributed by atoms with Crippen molar-refractivity contribution in [3.63, 3.8) is 0 Å². The van der Waals surface area contributed by atoms with E-state index < -0.39 is 0 Å². The topological polar surface area (TPSA) is 17.1 Å². The predicted octanol–water partition coefficient (Wildman–Crippen LogP) is 3.76. The molecule has 1 nitrogen and oxygen atoms in total. The van der Waals surface area contributed by atoms with Gasteiger partial charge in [0.15, 0.2) is 5.78 Å². The van der Waals surface area contributed by atoms with Crippen LogP contribution in [0.4, 0.5) is 0 Å². The fraction of sp³-hybridized carbons (Fsp3) is 0.643. The summed E-state index contributed by atoms with van der Waals surface area (Å²) in [5.74, 6) is 1.21. The zero-order valence-electron chi connectivity index (χ0n) is 10.5. The Kier molecular flexibility index (Phi) is 3.54. The van der Waals surface area contributed by atoms with E-state index in [0.29, 0.717) is 11.8 Å². The first-order valence-electron chi connectivity index (χ1n) is 5.71. The van der Waals surface area contributed by atoms with Crippen molar-refractivity contribution in [2.45, 2.75) is 41.0 Å². The SMILES string of the molecule is CC(=O)C=C[C@H]1C(C)=CCC(C)C1(C)C. The van der Waals surface area contributed by atoms with Gasteiger partial charge in [-0.05, 0) is 37.7 Å². The van der Waals surface area contributed by atoms with E-state index in [1.54, 1.807) is 13.0 Å². The van der Waals surface area contributed by atoms with Crippen molar-refractivity contribution in [2.24, 2.45) is 17.3 Å². The van der Waals surface area contributed by atoms with Gasteiger partial charge in [-0.1, -0.05) is 38.5 Å². The molecule has 0 N–H and O–H groups in total. The van der Waals surface area contributed by atoms with Gasteiger partial charge in [0.2, 0.25) is 0 Å². The van der Waals surface area contributed by atoms with Crippen molar-refractivity contribution in [1.82, 2.24) is 0 Å². The van der Waals surface area contributed by atoms with Crippen molar-refractivity contribution >= 4 is 5.78 Å². The number of carbonyl (C=O) groups is 1. The molecule has 84 valence electrons. The lowest BCUT2D eigenvalue weighted by Crippen LogP contribution is -2.33. The highest BCUT2D eigenvalue weighted by atomic mass is 16.1. The second-order valence-corrected chi connectivity index (χ2v) is 5.35. The smallest absolute Gasteiger partial charge is 0.152 e. The fourth-order valence-corrected chi connectivity index (χ4v) is 2.32. The van der Waals surface area contributed by atoms with Crippen LogP contribution in [0.5, 0.6) is 0 Å². The Morgan fingerprint density at radius 3 is 2.67 bits per heavy atom. The van der Waals surface area contributed by atoms with Crippen LogP contribution in [0, 0.1) is 17.3 Å². The maximum Gasteiger partial charge on any atom is 0.152 e. The normalized spacial score (nSPS) is 30.3. The van der Waals surface area contributed by atoms with Gasteiger partial charge in [-0.25, -0.2) is 0 Å². The molecule has 0 fully saturated rings. The average molecular weight is 206 g/mol. The van der Waals surface area contributed by atoms with Gasteiger partial charge in [0.1, 0.15) is 0 Å². The summed E-state index contributed by atoms with van der Waals surface area (Å²) < 4.78 is 0. The molecule has 1 heteroatoms. The van der Waals surface area contributed by atoms with Crippen LogP contribution in [0.2, 0.25) is 0 Å². The summed E-state index contributed by atoms with van der Waals surface area (Å²) in [5, 5.41) is 0. The second kappa shape index (κ2) is 4.34. The number of allylic oxidation sites excluding steroid dienone is 4. The van der Waals surface area contributed by atoms with Crippen molar-refractivity contribution < 1.29 is 4.79 Å². The third kappa shape index (κ3) is 2.58. The average Bonchev–Trinajstić information content (AvgIpc) is 2.11. The molecule has 0 spiro atoms. The third-order valence-corrected chi connectivity index (χ3v) is 3.88. The van der Waals surface area contributed by atoms with Gasteiger partial charge in [-0.15, -0.1) is 0 Å². The first-order valence-corrected chi connectivity index (χ1v) is 5.71. The quantitative estimate of drug-likeness (QED) is 0.496. The minimum Gasteiger partial charge on any atom is -0.295 e. The van der Waals surface area contributed by atoms with E-state index in [0.717, 1.165) is 6.42 Å². The van der Waals surface area contributed by atoms with Crippen molar-refractivity contribution in [1.29, 1.82) is 0 Å². The van der Waals surface area contributed by atoms with Gasteiger partial charge in [0.05, 0.1) is 0 Å². The molecular weight excluding hydrogens is 184 g/mol. The molecule has 0 radical (unpaired) electrons. The molecule has 0 bridgehead atoms. The Morgan fingerprint density at radius 2 is 2.13 bits per heavy atom. The van der Waals surface area contributed by atoms with Crippen LogP contribution in [0.1, 0.15) is 41.0 Å². The van der Waals surface area contributed by atoms with Gasteiger partial charge < -0.3 is 0 Å². The Labute approximate surface area is 93.3 Å². The van der Waals surface area contributed by atoms with Crippen LogP contribution in [0.3, 0.4) is 0 Å². The van der Waals surface area contributed by atoms with E-state index in [-0.39, 0.29) is 11.2 Å². The lowest BCUT2D eigenvalue weighted by molar-refractivity contribution is -0.112. The van der Waals surface area contributed by atoms with Crippen LogP contribution >= 0.6 is 0 Å². The highest BCUT2D eigenvalue weighted by Gasteiger charge is 2.36. The van der Waals surface area contributed by atoms with Gasteiger partial charge in [-0.2, -0.15) is 0 Å². The molecule has 0 saturated heterocycles. The third-order valence-electron chi connectivity index (χ3n) is 3.88. The summed E-state index contributed by atoms with van der Waals surface area (Å²) in [6, 6.07) is 0. The summed E-state index contributed by atoms with van der Waals surface area (Å²) >= 11 is 0. The molecule has 1 unspecified atom stereocenters.